The lowest BCUT2D eigenvalue weighted by Gasteiger charge is -2.23. The van der Waals surface area contributed by atoms with Gasteiger partial charge in [-0.15, -0.1) is 0 Å². The van der Waals surface area contributed by atoms with Crippen LogP contribution in [-0.2, 0) is 18.4 Å². The van der Waals surface area contributed by atoms with Gasteiger partial charge in [-0.1, -0.05) is 153 Å². The molecular formula is C39H75N2O7P. The summed E-state index contributed by atoms with van der Waals surface area (Å²) in [6, 6.07) is -1.01. The molecule has 0 bridgehead atoms. The molecule has 0 rings (SSSR count). The molecule has 0 saturated carbocycles. The monoisotopic (exact) mass is 715 g/mol. The van der Waals surface area contributed by atoms with Crippen LogP contribution in [0, 0.1) is 0 Å². The molecule has 4 unspecified atom stereocenters. The van der Waals surface area contributed by atoms with Crippen molar-refractivity contribution in [2.45, 2.75) is 186 Å². The van der Waals surface area contributed by atoms with Gasteiger partial charge >= 0.3 is 7.82 Å². The molecule has 6 N–H and O–H groups in total. The average Bonchev–Trinajstić information content (AvgIpc) is 3.07. The molecule has 288 valence electrons. The van der Waals surface area contributed by atoms with E-state index in [4.69, 9.17) is 14.8 Å². The number of rotatable bonds is 36. The summed E-state index contributed by atoms with van der Waals surface area (Å²) >= 11 is 0. The van der Waals surface area contributed by atoms with Crippen molar-refractivity contribution in [2.24, 2.45) is 5.73 Å². The standard InChI is InChI=1S/C39H75N2O7P/c1-3-5-7-9-11-12-13-14-15-16-17-18-19-20-21-22-23-25-27-29-31-38(43)37(35-48-49(45,46)47-33-32-40)41-39(44)34-36(42)30-28-26-24-10-8-6-4-2/h22-23,26,28-29,31,36-38,42-43H,3-21,24-25,27,30,32-35,40H2,1-2H3,(H,41,44)(H,45,46)/b23-22+,28-26-,31-29+. The highest BCUT2D eigenvalue weighted by atomic mass is 31.2. The van der Waals surface area contributed by atoms with E-state index in [1.165, 1.54) is 109 Å². The Morgan fingerprint density at radius 1 is 0.694 bits per heavy atom. The van der Waals surface area contributed by atoms with Gasteiger partial charge in [-0.3, -0.25) is 13.8 Å². The smallest absolute Gasteiger partial charge is 0.392 e. The van der Waals surface area contributed by atoms with Crippen molar-refractivity contribution in [1.29, 1.82) is 0 Å². The zero-order chi connectivity index (χ0) is 36.3. The summed E-state index contributed by atoms with van der Waals surface area (Å²) < 4.78 is 21.9. The van der Waals surface area contributed by atoms with Gasteiger partial charge in [-0.25, -0.2) is 4.57 Å². The van der Waals surface area contributed by atoms with Gasteiger partial charge in [0.1, 0.15) is 0 Å². The van der Waals surface area contributed by atoms with Gasteiger partial charge in [-0.05, 0) is 44.9 Å². The Balaban J connectivity index is 4.39. The van der Waals surface area contributed by atoms with E-state index >= 15 is 0 Å². The summed E-state index contributed by atoms with van der Waals surface area (Å²) in [5.74, 6) is -0.494. The van der Waals surface area contributed by atoms with Crippen molar-refractivity contribution in [1.82, 2.24) is 5.32 Å². The number of carbonyl (C=O) groups is 1. The van der Waals surface area contributed by atoms with Crippen molar-refractivity contribution < 1.29 is 33.5 Å². The molecule has 9 nitrogen and oxygen atoms in total. The zero-order valence-electron chi connectivity index (χ0n) is 31.3. The predicted molar refractivity (Wildman–Crippen MR) is 204 cm³/mol. The molecule has 0 aromatic heterocycles. The molecule has 4 atom stereocenters. The van der Waals surface area contributed by atoms with E-state index in [2.05, 4.69) is 31.3 Å². The van der Waals surface area contributed by atoms with Gasteiger partial charge in [0, 0.05) is 6.54 Å². The molecule has 0 aromatic rings. The molecule has 10 heteroatoms. The topological polar surface area (TPSA) is 151 Å². The van der Waals surface area contributed by atoms with Gasteiger partial charge in [0.15, 0.2) is 0 Å². The van der Waals surface area contributed by atoms with Crippen molar-refractivity contribution in [3.05, 3.63) is 36.5 Å². The normalized spacial score (nSPS) is 15.3. The highest BCUT2D eigenvalue weighted by Gasteiger charge is 2.27. The molecule has 0 aliphatic heterocycles. The van der Waals surface area contributed by atoms with Gasteiger partial charge in [0.25, 0.3) is 0 Å². The van der Waals surface area contributed by atoms with Gasteiger partial charge in [0.05, 0.1) is 37.9 Å². The number of unbranched alkanes of at least 4 members (excludes halogenated alkanes) is 19. The zero-order valence-corrected chi connectivity index (χ0v) is 32.2. The summed E-state index contributed by atoms with van der Waals surface area (Å²) in [4.78, 5) is 22.5. The van der Waals surface area contributed by atoms with E-state index < -0.39 is 38.6 Å². The number of amides is 1. The first kappa shape index (κ1) is 47.7. The Hall–Kier alpha value is -1.32. The number of allylic oxidation sites excluding steroid dienone is 4. The van der Waals surface area contributed by atoms with Crippen LogP contribution >= 0.6 is 7.82 Å². The quantitative estimate of drug-likeness (QED) is 0.0245. The van der Waals surface area contributed by atoms with E-state index in [0.717, 1.165) is 25.7 Å². The number of hydrogen-bond donors (Lipinski definition) is 5. The van der Waals surface area contributed by atoms with Crippen molar-refractivity contribution in [3.63, 3.8) is 0 Å². The van der Waals surface area contributed by atoms with Crippen LogP contribution in [-0.4, -0.2) is 59.0 Å². The maximum atomic E-state index is 12.7. The Morgan fingerprint density at radius 2 is 1.16 bits per heavy atom. The molecule has 49 heavy (non-hydrogen) atoms. The minimum atomic E-state index is -4.40. The lowest BCUT2D eigenvalue weighted by Crippen LogP contribution is -2.46. The van der Waals surface area contributed by atoms with Crippen LogP contribution in [0.1, 0.15) is 168 Å². The van der Waals surface area contributed by atoms with Crippen LogP contribution in [0.25, 0.3) is 0 Å². The molecule has 0 aliphatic rings. The van der Waals surface area contributed by atoms with Crippen LogP contribution in [0.5, 0.6) is 0 Å². The molecule has 1 amide bonds. The fraction of sp³-hybridized carbons (Fsp3) is 0.821. The minimum absolute atomic E-state index is 0.0401. The van der Waals surface area contributed by atoms with Crippen molar-refractivity contribution >= 4 is 13.7 Å². The fourth-order valence-electron chi connectivity index (χ4n) is 5.48. The van der Waals surface area contributed by atoms with Gasteiger partial charge in [-0.2, -0.15) is 0 Å². The summed E-state index contributed by atoms with van der Waals surface area (Å²) in [6.45, 7) is 3.85. The molecule has 0 aromatic carbocycles. The molecule has 0 radical (unpaired) electrons. The van der Waals surface area contributed by atoms with Crippen LogP contribution in [0.2, 0.25) is 0 Å². The summed E-state index contributed by atoms with van der Waals surface area (Å²) in [5.41, 5.74) is 5.33. The largest absolute Gasteiger partial charge is 0.472 e. The molecule has 0 fully saturated rings. The second-order valence-electron chi connectivity index (χ2n) is 13.3. The van der Waals surface area contributed by atoms with Crippen molar-refractivity contribution in [2.75, 3.05) is 19.8 Å². The SMILES string of the molecule is CCCCCC/C=C\CC(O)CC(=O)NC(COP(=O)(O)OCCN)C(O)/C=C/CC/C=C/CCCCCCCCCCCCCCCC. The molecule has 0 spiro atoms. The van der Waals surface area contributed by atoms with Crippen LogP contribution < -0.4 is 11.1 Å². The van der Waals surface area contributed by atoms with Gasteiger partial charge < -0.3 is 26.2 Å². The Labute approximate surface area is 300 Å². The highest BCUT2D eigenvalue weighted by Crippen LogP contribution is 2.43. The van der Waals surface area contributed by atoms with Crippen LogP contribution in [0.3, 0.4) is 0 Å². The fourth-order valence-corrected chi connectivity index (χ4v) is 6.24. The number of nitrogens with one attached hydrogen (secondary N) is 1. The second-order valence-corrected chi connectivity index (χ2v) is 14.8. The predicted octanol–water partition coefficient (Wildman–Crippen LogP) is 9.36. The van der Waals surface area contributed by atoms with E-state index in [9.17, 15) is 24.5 Å². The highest BCUT2D eigenvalue weighted by molar-refractivity contribution is 7.47. The summed E-state index contributed by atoms with van der Waals surface area (Å²) in [6.07, 6.45) is 37.0. The molecule has 0 heterocycles. The average molecular weight is 715 g/mol. The first-order chi connectivity index (χ1) is 23.8. The van der Waals surface area contributed by atoms with E-state index in [1.807, 2.05) is 18.2 Å². The van der Waals surface area contributed by atoms with Crippen LogP contribution in [0.15, 0.2) is 36.5 Å². The van der Waals surface area contributed by atoms with Gasteiger partial charge in [0.2, 0.25) is 5.91 Å². The lowest BCUT2D eigenvalue weighted by atomic mass is 10.0. The first-order valence-electron chi connectivity index (χ1n) is 19.7. The van der Waals surface area contributed by atoms with Crippen LogP contribution in [0.4, 0.5) is 0 Å². The number of phosphoric ester groups is 1. The van der Waals surface area contributed by atoms with E-state index in [1.54, 1.807) is 6.08 Å². The number of aliphatic hydroxyl groups is 2. The maximum Gasteiger partial charge on any atom is 0.472 e. The summed E-state index contributed by atoms with van der Waals surface area (Å²) in [5, 5.41) is 23.7. The lowest BCUT2D eigenvalue weighted by molar-refractivity contribution is -0.124. The summed E-state index contributed by atoms with van der Waals surface area (Å²) in [7, 11) is -4.40. The number of aliphatic hydroxyl groups excluding tert-OH is 2. The van der Waals surface area contributed by atoms with E-state index in [-0.39, 0.29) is 19.6 Å². The molecular weight excluding hydrogens is 639 g/mol. The number of hydrogen-bond acceptors (Lipinski definition) is 7. The van der Waals surface area contributed by atoms with Crippen molar-refractivity contribution in [3.8, 4) is 0 Å². The first-order valence-corrected chi connectivity index (χ1v) is 21.2. The molecule has 0 saturated heterocycles. The number of nitrogens with two attached hydrogens (primary N) is 1. The minimum Gasteiger partial charge on any atom is -0.392 e. The maximum absolute atomic E-state index is 12.7. The third-order valence-corrected chi connectivity index (χ3v) is 9.48. The Kier molecular flexibility index (Phi) is 34.2. The second kappa shape index (κ2) is 35.1. The third-order valence-electron chi connectivity index (χ3n) is 8.49. The third kappa shape index (κ3) is 33.6. The Morgan fingerprint density at radius 3 is 1.71 bits per heavy atom. The van der Waals surface area contributed by atoms with E-state index in [0.29, 0.717) is 12.8 Å². The Bertz CT molecular complexity index is 883. The number of carbonyl (C=O) groups excluding carboxylic acids is 1. The number of phosphoric acid groups is 1. The molecule has 0 aliphatic carbocycles.